The molecule has 3 nitrogen and oxygen atoms in total. The first-order valence-corrected chi connectivity index (χ1v) is 6.35. The summed E-state index contributed by atoms with van der Waals surface area (Å²) in [4.78, 5) is 11.7. The Morgan fingerprint density at radius 1 is 1.59 bits per heavy atom. The van der Waals surface area contributed by atoms with Gasteiger partial charge in [-0.1, -0.05) is 36.2 Å². The molecular weight excluding hydrogens is 280 g/mol. The zero-order valence-corrected chi connectivity index (χ0v) is 11.5. The van der Waals surface area contributed by atoms with Crippen molar-refractivity contribution in [3.63, 3.8) is 0 Å². The number of hydrogen-bond acceptors (Lipinski definition) is 2. The molecule has 1 aromatic carbocycles. The summed E-state index contributed by atoms with van der Waals surface area (Å²) >= 11 is 3.32. The molecule has 0 heterocycles. The van der Waals surface area contributed by atoms with E-state index in [0.717, 1.165) is 10.9 Å². The van der Waals surface area contributed by atoms with Crippen molar-refractivity contribution in [2.45, 2.75) is 26.7 Å². The van der Waals surface area contributed by atoms with Crippen LogP contribution >= 0.6 is 15.9 Å². The molecule has 1 aromatic rings. The first-order valence-electron chi connectivity index (χ1n) is 5.56. The van der Waals surface area contributed by atoms with Crippen LogP contribution in [0.5, 0.6) is 0 Å². The number of anilines is 1. The fourth-order valence-corrected chi connectivity index (χ4v) is 1.74. The largest absolute Gasteiger partial charge is 0.325 e. The first kappa shape index (κ1) is 13.7. The summed E-state index contributed by atoms with van der Waals surface area (Å²) in [6.07, 6.45) is 1.45. The maximum absolute atomic E-state index is 11.7. The normalized spacial score (nSPS) is 11.6. The standard InChI is InChI=1S/C13H15BrN2O/c1-3-9(2)6-13(17)16-12-7-11(14)5-4-10(12)8-15/h4-5,7,9H,3,6H2,1-2H3,(H,16,17). The molecule has 0 radical (unpaired) electrons. The Kier molecular flexibility index (Phi) is 5.17. The lowest BCUT2D eigenvalue weighted by Gasteiger charge is -2.10. The third-order valence-electron chi connectivity index (χ3n) is 2.61. The summed E-state index contributed by atoms with van der Waals surface area (Å²) in [6.45, 7) is 4.09. The van der Waals surface area contributed by atoms with Crippen LogP contribution in [0.15, 0.2) is 22.7 Å². The molecule has 1 rings (SSSR count). The Morgan fingerprint density at radius 2 is 2.29 bits per heavy atom. The van der Waals surface area contributed by atoms with E-state index in [1.165, 1.54) is 0 Å². The molecule has 1 atom stereocenters. The van der Waals surface area contributed by atoms with Crippen LogP contribution in [0.4, 0.5) is 5.69 Å². The number of nitrogens with zero attached hydrogens (tertiary/aromatic N) is 1. The molecule has 0 aliphatic carbocycles. The highest BCUT2D eigenvalue weighted by atomic mass is 79.9. The number of carbonyl (C=O) groups is 1. The molecule has 0 aliphatic rings. The van der Waals surface area contributed by atoms with Gasteiger partial charge in [-0.3, -0.25) is 4.79 Å². The van der Waals surface area contributed by atoms with E-state index in [4.69, 9.17) is 5.26 Å². The molecule has 17 heavy (non-hydrogen) atoms. The van der Waals surface area contributed by atoms with Gasteiger partial charge in [0.05, 0.1) is 11.3 Å². The van der Waals surface area contributed by atoms with Crippen LogP contribution in [0, 0.1) is 17.2 Å². The predicted molar refractivity (Wildman–Crippen MR) is 71.6 cm³/mol. The quantitative estimate of drug-likeness (QED) is 0.921. The summed E-state index contributed by atoms with van der Waals surface area (Å²) in [6, 6.07) is 7.27. The number of amides is 1. The van der Waals surface area contributed by atoms with Gasteiger partial charge in [-0.05, 0) is 24.1 Å². The maximum atomic E-state index is 11.7. The lowest BCUT2D eigenvalue weighted by atomic mass is 10.0. The Morgan fingerprint density at radius 3 is 2.88 bits per heavy atom. The van der Waals surface area contributed by atoms with Crippen molar-refractivity contribution in [2.75, 3.05) is 5.32 Å². The van der Waals surface area contributed by atoms with Gasteiger partial charge < -0.3 is 5.32 Å². The van der Waals surface area contributed by atoms with Crippen LogP contribution in [-0.2, 0) is 4.79 Å². The highest BCUT2D eigenvalue weighted by molar-refractivity contribution is 9.10. The van der Waals surface area contributed by atoms with Crippen LogP contribution in [0.3, 0.4) is 0 Å². The fraction of sp³-hybridized carbons (Fsp3) is 0.385. The van der Waals surface area contributed by atoms with Crippen molar-refractivity contribution in [3.05, 3.63) is 28.2 Å². The summed E-state index contributed by atoms with van der Waals surface area (Å²) in [5.74, 6) is 0.307. The van der Waals surface area contributed by atoms with E-state index in [1.54, 1.807) is 18.2 Å². The van der Waals surface area contributed by atoms with Gasteiger partial charge in [-0.2, -0.15) is 5.26 Å². The summed E-state index contributed by atoms with van der Waals surface area (Å²) in [7, 11) is 0. The van der Waals surface area contributed by atoms with Crippen molar-refractivity contribution in [3.8, 4) is 6.07 Å². The number of rotatable bonds is 4. The number of nitrogens with one attached hydrogen (secondary N) is 1. The zero-order valence-electron chi connectivity index (χ0n) is 9.96. The molecule has 4 heteroatoms. The number of nitriles is 1. The van der Waals surface area contributed by atoms with Gasteiger partial charge in [-0.15, -0.1) is 0 Å². The topological polar surface area (TPSA) is 52.9 Å². The van der Waals surface area contributed by atoms with E-state index in [9.17, 15) is 4.79 Å². The molecule has 90 valence electrons. The average molecular weight is 295 g/mol. The van der Waals surface area contributed by atoms with Gasteiger partial charge in [0.25, 0.3) is 0 Å². The second-order valence-electron chi connectivity index (χ2n) is 4.07. The van der Waals surface area contributed by atoms with Gasteiger partial charge in [0.2, 0.25) is 5.91 Å². The molecule has 1 unspecified atom stereocenters. The summed E-state index contributed by atoms with van der Waals surface area (Å²) in [5, 5.41) is 11.7. The molecule has 0 saturated carbocycles. The van der Waals surface area contributed by atoms with Crippen LogP contribution in [0.1, 0.15) is 32.3 Å². The smallest absolute Gasteiger partial charge is 0.224 e. The Labute approximate surface area is 110 Å². The van der Waals surface area contributed by atoms with Crippen molar-refractivity contribution < 1.29 is 4.79 Å². The van der Waals surface area contributed by atoms with Crippen LogP contribution in [-0.4, -0.2) is 5.91 Å². The van der Waals surface area contributed by atoms with Gasteiger partial charge in [0, 0.05) is 10.9 Å². The van der Waals surface area contributed by atoms with Gasteiger partial charge >= 0.3 is 0 Å². The molecule has 0 fully saturated rings. The number of hydrogen-bond donors (Lipinski definition) is 1. The number of carbonyl (C=O) groups excluding carboxylic acids is 1. The number of benzene rings is 1. The van der Waals surface area contributed by atoms with E-state index in [1.807, 2.05) is 6.92 Å². The zero-order chi connectivity index (χ0) is 12.8. The van der Waals surface area contributed by atoms with E-state index in [0.29, 0.717) is 23.6 Å². The van der Waals surface area contributed by atoms with Crippen molar-refractivity contribution in [1.82, 2.24) is 0 Å². The predicted octanol–water partition coefficient (Wildman–Crippen LogP) is 3.70. The third kappa shape index (κ3) is 4.20. The summed E-state index contributed by atoms with van der Waals surface area (Å²) < 4.78 is 0.843. The first-order chi connectivity index (χ1) is 8.06. The minimum atomic E-state index is -0.0473. The van der Waals surface area contributed by atoms with E-state index < -0.39 is 0 Å². The summed E-state index contributed by atoms with van der Waals surface area (Å²) in [5.41, 5.74) is 1.04. The van der Waals surface area contributed by atoms with E-state index in [-0.39, 0.29) is 5.91 Å². The molecule has 0 spiro atoms. The lowest BCUT2D eigenvalue weighted by Crippen LogP contribution is -2.15. The Bertz CT molecular complexity index is 451. The molecule has 0 aliphatic heterocycles. The van der Waals surface area contributed by atoms with Gasteiger partial charge in [0.15, 0.2) is 0 Å². The maximum Gasteiger partial charge on any atom is 0.224 e. The number of halogens is 1. The highest BCUT2D eigenvalue weighted by Gasteiger charge is 2.10. The Balaban J connectivity index is 2.77. The monoisotopic (exact) mass is 294 g/mol. The van der Waals surface area contributed by atoms with E-state index in [2.05, 4.69) is 34.2 Å². The van der Waals surface area contributed by atoms with Crippen LogP contribution in [0.2, 0.25) is 0 Å². The SMILES string of the molecule is CCC(C)CC(=O)Nc1cc(Br)ccc1C#N. The van der Waals surface area contributed by atoms with Gasteiger partial charge in [0.1, 0.15) is 6.07 Å². The average Bonchev–Trinajstić information content (AvgIpc) is 2.29. The van der Waals surface area contributed by atoms with Gasteiger partial charge in [-0.25, -0.2) is 0 Å². The third-order valence-corrected chi connectivity index (χ3v) is 3.10. The second-order valence-corrected chi connectivity index (χ2v) is 4.98. The van der Waals surface area contributed by atoms with Crippen molar-refractivity contribution in [2.24, 2.45) is 5.92 Å². The highest BCUT2D eigenvalue weighted by Crippen LogP contribution is 2.21. The van der Waals surface area contributed by atoms with Crippen molar-refractivity contribution in [1.29, 1.82) is 5.26 Å². The van der Waals surface area contributed by atoms with Crippen LogP contribution in [0.25, 0.3) is 0 Å². The molecular formula is C13H15BrN2O. The molecule has 0 bridgehead atoms. The Hall–Kier alpha value is -1.34. The van der Waals surface area contributed by atoms with Crippen LogP contribution < -0.4 is 5.32 Å². The second kappa shape index (κ2) is 6.41. The molecule has 1 N–H and O–H groups in total. The van der Waals surface area contributed by atoms with Crippen molar-refractivity contribution >= 4 is 27.5 Å². The lowest BCUT2D eigenvalue weighted by molar-refractivity contribution is -0.117. The minimum Gasteiger partial charge on any atom is -0.325 e. The fourth-order valence-electron chi connectivity index (χ4n) is 1.38. The minimum absolute atomic E-state index is 0.0473. The molecule has 0 aromatic heterocycles. The molecule has 1 amide bonds. The molecule has 0 saturated heterocycles. The van der Waals surface area contributed by atoms with E-state index >= 15 is 0 Å².